The van der Waals surface area contributed by atoms with E-state index in [0.29, 0.717) is 36.8 Å². The lowest BCUT2D eigenvalue weighted by atomic mass is 10.1. The number of hydrogen-bond acceptors (Lipinski definition) is 4. The smallest absolute Gasteiger partial charge is 0.232 e. The van der Waals surface area contributed by atoms with Gasteiger partial charge in [0, 0.05) is 25.1 Å². The summed E-state index contributed by atoms with van der Waals surface area (Å²) in [5, 5.41) is 3.97. The predicted octanol–water partition coefficient (Wildman–Crippen LogP) is 3.74. The van der Waals surface area contributed by atoms with Crippen molar-refractivity contribution in [2.75, 3.05) is 13.1 Å². The van der Waals surface area contributed by atoms with E-state index in [-0.39, 0.29) is 17.6 Å². The zero-order valence-corrected chi connectivity index (χ0v) is 15.1. The van der Waals surface area contributed by atoms with Crippen LogP contribution in [-0.2, 0) is 11.2 Å². The van der Waals surface area contributed by atoms with Gasteiger partial charge in [-0.15, -0.1) is 0 Å². The predicted molar refractivity (Wildman–Crippen MR) is 98.5 cm³/mol. The van der Waals surface area contributed by atoms with Crippen molar-refractivity contribution in [3.05, 3.63) is 71.4 Å². The van der Waals surface area contributed by atoms with Gasteiger partial charge < -0.3 is 9.42 Å². The largest absolute Gasteiger partial charge is 0.342 e. The number of hydrogen-bond donors (Lipinski definition) is 0. The molecule has 0 saturated carbocycles. The van der Waals surface area contributed by atoms with Gasteiger partial charge in [0.1, 0.15) is 5.82 Å². The Labute approximate surface area is 156 Å². The van der Waals surface area contributed by atoms with E-state index in [1.165, 1.54) is 23.3 Å². The summed E-state index contributed by atoms with van der Waals surface area (Å²) in [4.78, 5) is 18.6. The van der Waals surface area contributed by atoms with Gasteiger partial charge in [0.05, 0.1) is 5.92 Å². The van der Waals surface area contributed by atoms with Gasteiger partial charge in [-0.2, -0.15) is 4.98 Å². The number of likely N-dealkylation sites (tertiary alicyclic amines) is 1. The number of halogens is 1. The third kappa shape index (κ3) is 3.89. The highest BCUT2D eigenvalue weighted by Gasteiger charge is 2.34. The van der Waals surface area contributed by atoms with Crippen molar-refractivity contribution in [3.8, 4) is 11.4 Å². The second-order valence-electron chi connectivity index (χ2n) is 6.94. The topological polar surface area (TPSA) is 59.2 Å². The van der Waals surface area contributed by atoms with Crippen LogP contribution in [0.15, 0.2) is 53.1 Å². The van der Waals surface area contributed by atoms with Crippen LogP contribution >= 0.6 is 0 Å². The van der Waals surface area contributed by atoms with E-state index in [0.717, 1.165) is 6.42 Å². The Balaban J connectivity index is 1.40. The molecule has 1 saturated heterocycles. The molecule has 2 heterocycles. The monoisotopic (exact) mass is 365 g/mol. The molecule has 4 rings (SSSR count). The van der Waals surface area contributed by atoms with E-state index < -0.39 is 0 Å². The van der Waals surface area contributed by atoms with Crippen LogP contribution in [-0.4, -0.2) is 34.0 Å². The first-order valence-electron chi connectivity index (χ1n) is 9.01. The number of aryl methyl sites for hydroxylation is 1. The summed E-state index contributed by atoms with van der Waals surface area (Å²) in [6.45, 7) is 3.32. The maximum Gasteiger partial charge on any atom is 0.232 e. The molecule has 138 valence electrons. The van der Waals surface area contributed by atoms with Gasteiger partial charge in [0.15, 0.2) is 0 Å². The fourth-order valence-electron chi connectivity index (χ4n) is 3.29. The van der Waals surface area contributed by atoms with Crippen LogP contribution in [0.25, 0.3) is 11.4 Å². The van der Waals surface area contributed by atoms with E-state index in [9.17, 15) is 9.18 Å². The Morgan fingerprint density at radius 2 is 1.89 bits per heavy atom. The van der Waals surface area contributed by atoms with Gasteiger partial charge in [0.25, 0.3) is 0 Å². The Morgan fingerprint density at radius 3 is 2.63 bits per heavy atom. The van der Waals surface area contributed by atoms with Crippen molar-refractivity contribution in [2.24, 2.45) is 0 Å². The lowest BCUT2D eigenvalue weighted by Crippen LogP contribution is -2.27. The number of nitrogens with zero attached hydrogens (tertiary/aromatic N) is 3. The lowest BCUT2D eigenvalue weighted by molar-refractivity contribution is -0.127. The van der Waals surface area contributed by atoms with Crippen molar-refractivity contribution in [3.63, 3.8) is 0 Å². The molecule has 1 aliphatic rings. The zero-order chi connectivity index (χ0) is 18.8. The Hall–Kier alpha value is -3.02. The quantitative estimate of drug-likeness (QED) is 0.691. The summed E-state index contributed by atoms with van der Waals surface area (Å²) in [5.74, 6) is 0.565. The summed E-state index contributed by atoms with van der Waals surface area (Å²) < 4.78 is 18.4. The standard InChI is InChI=1S/C21H20FN3O2/c1-14-2-4-15(5-3-14)10-11-25-13-17(12-19(25)26)21-23-20(24-27-21)16-6-8-18(22)9-7-16/h2-9,17H,10-13H2,1H3. The highest BCUT2D eigenvalue weighted by atomic mass is 19.1. The molecule has 2 aromatic carbocycles. The Kier molecular flexibility index (Phi) is 4.71. The molecule has 3 aromatic rings. The molecule has 1 aromatic heterocycles. The van der Waals surface area contributed by atoms with Crippen molar-refractivity contribution >= 4 is 5.91 Å². The molecule has 0 spiro atoms. The lowest BCUT2D eigenvalue weighted by Gasteiger charge is -2.15. The van der Waals surface area contributed by atoms with E-state index in [1.54, 1.807) is 12.1 Å². The molecular weight excluding hydrogens is 345 g/mol. The third-order valence-electron chi connectivity index (χ3n) is 4.90. The van der Waals surface area contributed by atoms with Crippen LogP contribution in [0, 0.1) is 12.7 Å². The first-order chi connectivity index (χ1) is 13.1. The molecule has 1 atom stereocenters. The molecular formula is C21H20FN3O2. The fourth-order valence-corrected chi connectivity index (χ4v) is 3.29. The minimum atomic E-state index is -0.312. The second kappa shape index (κ2) is 7.31. The minimum Gasteiger partial charge on any atom is -0.342 e. The van der Waals surface area contributed by atoms with Crippen LogP contribution < -0.4 is 0 Å². The zero-order valence-electron chi connectivity index (χ0n) is 15.1. The van der Waals surface area contributed by atoms with Crippen LogP contribution in [0.2, 0.25) is 0 Å². The average molecular weight is 365 g/mol. The van der Waals surface area contributed by atoms with Crippen LogP contribution in [0.5, 0.6) is 0 Å². The van der Waals surface area contributed by atoms with Crippen LogP contribution in [0.4, 0.5) is 4.39 Å². The van der Waals surface area contributed by atoms with E-state index >= 15 is 0 Å². The molecule has 5 nitrogen and oxygen atoms in total. The maximum absolute atomic E-state index is 13.0. The molecule has 0 aliphatic carbocycles. The van der Waals surface area contributed by atoms with Gasteiger partial charge >= 0.3 is 0 Å². The van der Waals surface area contributed by atoms with E-state index in [2.05, 4.69) is 41.3 Å². The molecule has 1 fully saturated rings. The number of rotatable bonds is 5. The first-order valence-corrected chi connectivity index (χ1v) is 9.01. The number of carbonyl (C=O) groups is 1. The number of amides is 1. The fraction of sp³-hybridized carbons (Fsp3) is 0.286. The average Bonchev–Trinajstić information content (AvgIpc) is 3.29. The summed E-state index contributed by atoms with van der Waals surface area (Å²) in [7, 11) is 0. The Morgan fingerprint density at radius 1 is 1.15 bits per heavy atom. The molecule has 1 aliphatic heterocycles. The number of carbonyl (C=O) groups excluding carboxylic acids is 1. The van der Waals surface area contributed by atoms with Gasteiger partial charge in [-0.3, -0.25) is 4.79 Å². The normalized spacial score (nSPS) is 16.9. The van der Waals surface area contributed by atoms with Gasteiger partial charge in [0.2, 0.25) is 17.6 Å². The summed E-state index contributed by atoms with van der Waals surface area (Å²) >= 11 is 0. The third-order valence-corrected chi connectivity index (χ3v) is 4.90. The highest BCUT2D eigenvalue weighted by molar-refractivity contribution is 5.79. The summed E-state index contributed by atoms with van der Waals surface area (Å²) in [6.07, 6.45) is 1.20. The first kappa shape index (κ1) is 17.4. The Bertz CT molecular complexity index is 935. The van der Waals surface area contributed by atoms with Crippen molar-refractivity contribution < 1.29 is 13.7 Å². The number of benzene rings is 2. The SMILES string of the molecule is Cc1ccc(CCN2CC(c3nc(-c4ccc(F)cc4)no3)CC2=O)cc1. The molecule has 27 heavy (non-hydrogen) atoms. The van der Waals surface area contributed by atoms with Crippen molar-refractivity contribution in [1.29, 1.82) is 0 Å². The van der Waals surface area contributed by atoms with E-state index in [4.69, 9.17) is 4.52 Å². The molecule has 0 bridgehead atoms. The molecule has 0 radical (unpaired) electrons. The van der Waals surface area contributed by atoms with Gasteiger partial charge in [-0.1, -0.05) is 35.0 Å². The molecule has 1 unspecified atom stereocenters. The summed E-state index contributed by atoms with van der Waals surface area (Å²) in [6, 6.07) is 14.3. The van der Waals surface area contributed by atoms with Gasteiger partial charge in [-0.25, -0.2) is 4.39 Å². The molecule has 1 amide bonds. The van der Waals surface area contributed by atoms with Crippen molar-refractivity contribution in [2.45, 2.75) is 25.7 Å². The van der Waals surface area contributed by atoms with Crippen LogP contribution in [0.1, 0.15) is 29.4 Å². The minimum absolute atomic E-state index is 0.0998. The van der Waals surface area contributed by atoms with Gasteiger partial charge in [-0.05, 0) is 43.2 Å². The molecule has 0 N–H and O–H groups in total. The molecule has 6 heteroatoms. The summed E-state index contributed by atoms with van der Waals surface area (Å²) in [5.41, 5.74) is 3.13. The maximum atomic E-state index is 13.0. The number of aromatic nitrogens is 2. The van der Waals surface area contributed by atoms with E-state index in [1.807, 2.05) is 4.90 Å². The van der Waals surface area contributed by atoms with Crippen LogP contribution in [0.3, 0.4) is 0 Å². The second-order valence-corrected chi connectivity index (χ2v) is 6.94. The highest BCUT2D eigenvalue weighted by Crippen LogP contribution is 2.28. The van der Waals surface area contributed by atoms with Crippen molar-refractivity contribution in [1.82, 2.24) is 15.0 Å².